The number of aromatic nitrogens is 2. The highest BCUT2D eigenvalue weighted by Gasteiger charge is 2.25. The predicted molar refractivity (Wildman–Crippen MR) is 189 cm³/mol. The molecule has 0 fully saturated rings. The lowest BCUT2D eigenvalue weighted by atomic mass is 10.0. The summed E-state index contributed by atoms with van der Waals surface area (Å²) in [5.74, 6) is 2.83. The summed E-state index contributed by atoms with van der Waals surface area (Å²) in [7, 11) is 0. The Hall–Kier alpha value is -4.96. The van der Waals surface area contributed by atoms with Crippen LogP contribution in [-0.2, 0) is 4.74 Å². The van der Waals surface area contributed by atoms with Crippen LogP contribution in [0.4, 0.5) is 0 Å². The van der Waals surface area contributed by atoms with Crippen molar-refractivity contribution in [3.05, 3.63) is 132 Å². The van der Waals surface area contributed by atoms with Crippen molar-refractivity contribution in [1.29, 1.82) is 0 Å². The van der Waals surface area contributed by atoms with Gasteiger partial charge in [-0.1, -0.05) is 75.7 Å². The minimum Gasteiger partial charge on any atom is -0.458 e. The van der Waals surface area contributed by atoms with Gasteiger partial charge in [0.1, 0.15) is 23.0 Å². The quantitative estimate of drug-likeness (QED) is 0.121. The van der Waals surface area contributed by atoms with Crippen LogP contribution in [-0.4, -0.2) is 9.13 Å². The number of nitrogens with zero attached hydrogens (tertiary/aromatic N) is 2. The Morgan fingerprint density at radius 1 is 0.841 bits per heavy atom. The van der Waals surface area contributed by atoms with Gasteiger partial charge in [-0.2, -0.15) is 0 Å². The van der Waals surface area contributed by atoms with Gasteiger partial charge in [0.25, 0.3) is 0 Å². The third-order valence-electron chi connectivity index (χ3n) is 8.78. The zero-order valence-corrected chi connectivity index (χ0v) is 27.1. The second-order valence-electron chi connectivity index (χ2n) is 11.3. The molecule has 3 heterocycles. The van der Waals surface area contributed by atoms with Gasteiger partial charge in [-0.25, -0.2) is 0 Å². The molecule has 0 saturated carbocycles. The van der Waals surface area contributed by atoms with Crippen LogP contribution in [0.15, 0.2) is 103 Å². The van der Waals surface area contributed by atoms with Crippen LogP contribution in [0.5, 0.6) is 0 Å². The summed E-state index contributed by atoms with van der Waals surface area (Å²) in [6, 6.07) is 16.8. The lowest BCUT2D eigenvalue weighted by Gasteiger charge is -2.18. The molecule has 4 heteroatoms. The summed E-state index contributed by atoms with van der Waals surface area (Å²) >= 11 is 0. The molecular formula is C40H42N2O2. The van der Waals surface area contributed by atoms with E-state index in [0.29, 0.717) is 11.5 Å². The van der Waals surface area contributed by atoms with Crippen molar-refractivity contribution in [2.45, 2.75) is 54.9 Å². The molecule has 0 atom stereocenters. The molecule has 0 radical (unpaired) electrons. The van der Waals surface area contributed by atoms with Crippen LogP contribution in [0.3, 0.4) is 0 Å². The van der Waals surface area contributed by atoms with Gasteiger partial charge in [0.05, 0.1) is 11.0 Å². The monoisotopic (exact) mass is 582 g/mol. The van der Waals surface area contributed by atoms with E-state index in [2.05, 4.69) is 139 Å². The van der Waals surface area contributed by atoms with Gasteiger partial charge in [-0.15, -0.1) is 0 Å². The average molecular weight is 583 g/mol. The molecule has 0 unspecified atom stereocenters. The maximum Gasteiger partial charge on any atom is 0.140 e. The Kier molecular flexibility index (Phi) is 8.29. The number of benzene rings is 2. The van der Waals surface area contributed by atoms with E-state index in [1.807, 2.05) is 6.07 Å². The van der Waals surface area contributed by atoms with Crippen molar-refractivity contribution in [2.75, 3.05) is 0 Å². The van der Waals surface area contributed by atoms with E-state index in [-0.39, 0.29) is 0 Å². The van der Waals surface area contributed by atoms with Crippen LogP contribution in [0.1, 0.15) is 61.0 Å². The zero-order chi connectivity index (χ0) is 31.9. The standard InChI is InChI=1S/C40H42N2O2/c1-12-14-23-37-25(4)26(5)40(44-37)39-31(10)42(36-22-18-16-20-34(36)39)29(8)27(6)28(7)41-30(9)38(32(11)43-24(3)13-2)33-19-15-17-21-35(33)41/h13-23H,2-3,8,11-12H2,1,4-7,9-10H3/b23-14-,28-27+. The van der Waals surface area contributed by atoms with Crippen molar-refractivity contribution in [3.8, 4) is 11.3 Å². The third-order valence-corrected chi connectivity index (χ3v) is 8.78. The smallest absolute Gasteiger partial charge is 0.140 e. The fourth-order valence-corrected chi connectivity index (χ4v) is 6.19. The van der Waals surface area contributed by atoms with E-state index in [9.17, 15) is 0 Å². The molecule has 0 amide bonds. The third kappa shape index (κ3) is 4.90. The maximum atomic E-state index is 6.54. The largest absolute Gasteiger partial charge is 0.458 e. The minimum atomic E-state index is 0.462. The minimum absolute atomic E-state index is 0.462. The van der Waals surface area contributed by atoms with Crippen molar-refractivity contribution in [2.24, 2.45) is 0 Å². The summed E-state index contributed by atoms with van der Waals surface area (Å²) in [6.07, 6.45) is 6.77. The molecule has 0 aliphatic heterocycles. The van der Waals surface area contributed by atoms with Crippen LogP contribution >= 0.6 is 0 Å². The topological polar surface area (TPSA) is 32.2 Å². The number of para-hydroxylation sites is 2. The van der Waals surface area contributed by atoms with Crippen molar-refractivity contribution >= 4 is 45.0 Å². The zero-order valence-electron chi connectivity index (χ0n) is 27.1. The first-order valence-corrected chi connectivity index (χ1v) is 15.1. The summed E-state index contributed by atoms with van der Waals surface area (Å²) in [4.78, 5) is 0. The first-order valence-electron chi connectivity index (χ1n) is 15.1. The van der Waals surface area contributed by atoms with Crippen molar-refractivity contribution < 1.29 is 9.15 Å². The molecule has 0 bridgehead atoms. The number of allylic oxidation sites excluding steroid dienone is 5. The molecule has 2 aromatic carbocycles. The highest BCUT2D eigenvalue weighted by Crippen LogP contribution is 2.42. The Morgan fingerprint density at radius 2 is 1.45 bits per heavy atom. The highest BCUT2D eigenvalue weighted by molar-refractivity contribution is 6.01. The Morgan fingerprint density at radius 3 is 2.09 bits per heavy atom. The number of furan rings is 1. The summed E-state index contributed by atoms with van der Waals surface area (Å²) in [6.45, 7) is 31.5. The summed E-state index contributed by atoms with van der Waals surface area (Å²) in [5.41, 5.74) is 11.7. The number of hydrogen-bond acceptors (Lipinski definition) is 2. The van der Waals surface area contributed by atoms with E-state index in [0.717, 1.165) is 84.8 Å². The second-order valence-corrected chi connectivity index (χ2v) is 11.3. The first-order chi connectivity index (χ1) is 21.0. The number of rotatable bonds is 10. The molecular weight excluding hydrogens is 540 g/mol. The molecule has 3 aromatic heterocycles. The van der Waals surface area contributed by atoms with E-state index in [1.54, 1.807) is 6.08 Å². The van der Waals surface area contributed by atoms with Crippen LogP contribution in [0.2, 0.25) is 0 Å². The Balaban J connectivity index is 1.69. The molecule has 5 rings (SSSR count). The average Bonchev–Trinajstić information content (AvgIpc) is 3.59. The van der Waals surface area contributed by atoms with E-state index < -0.39 is 0 Å². The van der Waals surface area contributed by atoms with Crippen LogP contribution in [0, 0.1) is 27.7 Å². The molecule has 0 spiro atoms. The van der Waals surface area contributed by atoms with Gasteiger partial charge in [-0.3, -0.25) is 0 Å². The predicted octanol–water partition coefficient (Wildman–Crippen LogP) is 11.6. The van der Waals surface area contributed by atoms with Gasteiger partial charge < -0.3 is 18.3 Å². The molecule has 0 N–H and O–H groups in total. The fraction of sp³-hybridized carbons (Fsp3) is 0.200. The molecule has 4 nitrogen and oxygen atoms in total. The molecule has 224 valence electrons. The van der Waals surface area contributed by atoms with E-state index in [4.69, 9.17) is 9.15 Å². The van der Waals surface area contributed by atoms with E-state index in [1.165, 1.54) is 5.56 Å². The lowest BCUT2D eigenvalue weighted by Crippen LogP contribution is -2.05. The van der Waals surface area contributed by atoms with Gasteiger partial charge in [-0.05, 0) is 88.9 Å². The number of fused-ring (bicyclic) bond motifs is 2. The summed E-state index contributed by atoms with van der Waals surface area (Å²) < 4.78 is 17.0. The van der Waals surface area contributed by atoms with Gasteiger partial charge >= 0.3 is 0 Å². The van der Waals surface area contributed by atoms with Crippen LogP contribution < -0.4 is 0 Å². The van der Waals surface area contributed by atoms with Crippen molar-refractivity contribution in [3.63, 3.8) is 0 Å². The van der Waals surface area contributed by atoms with Gasteiger partial charge in [0, 0.05) is 44.7 Å². The second kappa shape index (κ2) is 12.0. The Labute approximate surface area is 261 Å². The van der Waals surface area contributed by atoms with Crippen LogP contribution in [0.25, 0.3) is 56.4 Å². The first kappa shape index (κ1) is 30.5. The Bertz CT molecular complexity index is 2050. The molecule has 0 saturated heterocycles. The number of ether oxygens (including phenoxy) is 1. The fourth-order valence-electron chi connectivity index (χ4n) is 6.19. The highest BCUT2D eigenvalue weighted by atomic mass is 16.5. The normalized spacial score (nSPS) is 12.2. The maximum absolute atomic E-state index is 6.54. The molecule has 0 aliphatic carbocycles. The summed E-state index contributed by atoms with van der Waals surface area (Å²) in [5, 5.41) is 2.20. The van der Waals surface area contributed by atoms with Gasteiger partial charge in [0.2, 0.25) is 0 Å². The van der Waals surface area contributed by atoms with Crippen molar-refractivity contribution in [1.82, 2.24) is 9.13 Å². The SMILES string of the molecule is C=CC(=C)OC(=C)c1c(C)n(/C(C)=C(\C)C(=C)n2c(C)c(-c3oc(/C=C\CC)c(C)c3C)c3ccccc32)c2ccccc12. The lowest BCUT2D eigenvalue weighted by molar-refractivity contribution is 0.405. The molecule has 44 heavy (non-hydrogen) atoms. The number of hydrogen-bond donors (Lipinski definition) is 0. The van der Waals surface area contributed by atoms with Gasteiger partial charge in [0.15, 0.2) is 0 Å². The molecule has 0 aliphatic rings. The molecule has 5 aromatic rings. The van der Waals surface area contributed by atoms with E-state index >= 15 is 0 Å².